The first-order chi connectivity index (χ1) is 7.51. The van der Waals surface area contributed by atoms with Crippen molar-refractivity contribution >= 4 is 46.1 Å². The van der Waals surface area contributed by atoms with Crippen molar-refractivity contribution in [1.29, 1.82) is 0 Å². The Morgan fingerprint density at radius 3 is 2.69 bits per heavy atom. The Morgan fingerprint density at radius 1 is 1.62 bits per heavy atom. The van der Waals surface area contributed by atoms with Crippen LogP contribution < -0.4 is 5.73 Å². The number of hydrogen-bond acceptors (Lipinski definition) is 6. The molecule has 0 amide bonds. The number of carboxylic acids is 1. The van der Waals surface area contributed by atoms with E-state index >= 15 is 0 Å². The zero-order valence-corrected chi connectivity index (χ0v) is 9.42. The van der Waals surface area contributed by atoms with Crippen LogP contribution in [-0.2, 0) is 9.59 Å². The molecule has 1 aromatic heterocycles. The molecular formula is C8H7ClN2O4S. The van der Waals surface area contributed by atoms with Crippen LogP contribution in [0, 0.1) is 0 Å². The highest BCUT2D eigenvalue weighted by Gasteiger charge is 2.28. The molecule has 0 fully saturated rings. The van der Waals surface area contributed by atoms with Gasteiger partial charge in [-0.3, -0.25) is 9.59 Å². The molecule has 16 heavy (non-hydrogen) atoms. The summed E-state index contributed by atoms with van der Waals surface area (Å²) in [5.74, 6) is -3.70. The number of aldehydes is 1. The molecule has 0 aliphatic carbocycles. The molecule has 6 nitrogen and oxygen atoms in total. The number of carbonyl (C=O) groups is 3. The summed E-state index contributed by atoms with van der Waals surface area (Å²) in [5.41, 5.74) is 5.22. The minimum Gasteiger partial charge on any atom is -0.480 e. The van der Waals surface area contributed by atoms with E-state index in [1.807, 2.05) is 0 Å². The summed E-state index contributed by atoms with van der Waals surface area (Å²) in [4.78, 5) is 36.4. The molecule has 8 heteroatoms. The lowest BCUT2D eigenvalue weighted by molar-refractivity contribution is -0.140. The van der Waals surface area contributed by atoms with E-state index in [4.69, 9.17) is 22.4 Å². The van der Waals surface area contributed by atoms with Crippen LogP contribution in [-0.4, -0.2) is 34.0 Å². The van der Waals surface area contributed by atoms with E-state index in [0.717, 1.165) is 11.3 Å². The van der Waals surface area contributed by atoms with Gasteiger partial charge in [0, 0.05) is 0 Å². The van der Waals surface area contributed by atoms with Crippen LogP contribution in [0.1, 0.15) is 21.3 Å². The molecule has 0 bridgehead atoms. The van der Waals surface area contributed by atoms with Crippen molar-refractivity contribution in [2.24, 2.45) is 0 Å². The van der Waals surface area contributed by atoms with Gasteiger partial charge < -0.3 is 15.6 Å². The molecule has 86 valence electrons. The number of hydrogen-bond donors (Lipinski definition) is 2. The monoisotopic (exact) mass is 262 g/mol. The summed E-state index contributed by atoms with van der Waals surface area (Å²) in [6.07, 6.45) is 0.196. The number of thiazole rings is 1. The molecule has 0 radical (unpaired) electrons. The number of aromatic nitrogens is 1. The lowest BCUT2D eigenvalue weighted by Gasteiger charge is -2.02. The molecule has 0 aromatic carbocycles. The number of halogens is 1. The van der Waals surface area contributed by atoms with E-state index < -0.39 is 17.7 Å². The van der Waals surface area contributed by atoms with Gasteiger partial charge in [0.2, 0.25) is 0 Å². The van der Waals surface area contributed by atoms with E-state index in [9.17, 15) is 14.4 Å². The quantitative estimate of drug-likeness (QED) is 0.346. The third kappa shape index (κ3) is 2.37. The minimum absolute atomic E-state index is 0.0204. The zero-order chi connectivity index (χ0) is 12.3. The minimum atomic E-state index is -1.49. The summed E-state index contributed by atoms with van der Waals surface area (Å²) >= 11 is 6.17. The Balaban J connectivity index is 3.26. The van der Waals surface area contributed by atoms with E-state index in [2.05, 4.69) is 4.98 Å². The number of Topliss-reactive ketones (excluding diaryl/α,β-unsaturated/α-hetero) is 1. The molecule has 1 rings (SSSR count). The Morgan fingerprint density at radius 2 is 2.25 bits per heavy atom. The van der Waals surface area contributed by atoms with E-state index in [0.29, 0.717) is 0 Å². The Kier molecular flexibility index (Phi) is 3.97. The predicted octanol–water partition coefficient (Wildman–Crippen LogP) is 0.514. The summed E-state index contributed by atoms with van der Waals surface area (Å²) < 4.78 is 0. The average molecular weight is 263 g/mol. The fraction of sp³-hybridized carbons (Fsp3) is 0.250. The van der Waals surface area contributed by atoms with Gasteiger partial charge in [-0.1, -0.05) is 11.3 Å². The summed E-state index contributed by atoms with van der Waals surface area (Å²) in [6, 6.07) is 0. The van der Waals surface area contributed by atoms with Crippen LogP contribution in [0.5, 0.6) is 0 Å². The maximum atomic E-state index is 11.4. The molecule has 1 atom stereocenters. The highest BCUT2D eigenvalue weighted by atomic mass is 35.5. The summed E-state index contributed by atoms with van der Waals surface area (Å²) in [6.45, 7) is 0. The van der Waals surface area contributed by atoms with E-state index in [1.165, 1.54) is 0 Å². The second-order valence-electron chi connectivity index (χ2n) is 2.78. The van der Waals surface area contributed by atoms with Crippen molar-refractivity contribution in [2.45, 2.75) is 5.92 Å². The number of carbonyl (C=O) groups excluding carboxylic acids is 2. The molecule has 1 unspecified atom stereocenters. The van der Waals surface area contributed by atoms with Gasteiger partial charge in [0.25, 0.3) is 0 Å². The van der Waals surface area contributed by atoms with Gasteiger partial charge in [-0.25, -0.2) is 4.98 Å². The maximum Gasteiger partial charge on any atom is 0.319 e. The number of carboxylic acid groups (broad SMARTS) is 1. The highest BCUT2D eigenvalue weighted by Crippen LogP contribution is 2.27. The first-order valence-electron chi connectivity index (χ1n) is 4.04. The summed E-state index contributed by atoms with van der Waals surface area (Å²) in [5, 5.41) is 8.79. The second-order valence-corrected chi connectivity index (χ2v) is 4.07. The van der Waals surface area contributed by atoms with Crippen LogP contribution >= 0.6 is 22.9 Å². The van der Waals surface area contributed by atoms with Crippen molar-refractivity contribution in [2.75, 3.05) is 11.6 Å². The third-order valence-corrected chi connectivity index (χ3v) is 2.93. The molecule has 0 spiro atoms. The van der Waals surface area contributed by atoms with Crippen LogP contribution in [0.25, 0.3) is 0 Å². The van der Waals surface area contributed by atoms with Gasteiger partial charge in [0.1, 0.15) is 6.29 Å². The van der Waals surface area contributed by atoms with Crippen molar-refractivity contribution in [3.05, 3.63) is 10.6 Å². The van der Waals surface area contributed by atoms with Gasteiger partial charge in [-0.05, 0) is 0 Å². The molecule has 0 aliphatic heterocycles. The number of rotatable bonds is 5. The van der Waals surface area contributed by atoms with Crippen molar-refractivity contribution < 1.29 is 19.5 Å². The Labute approximate surface area is 99.0 Å². The number of aliphatic carboxylic acids is 1. The molecule has 0 saturated carbocycles. The lowest BCUT2D eigenvalue weighted by atomic mass is 10.1. The van der Waals surface area contributed by atoms with Gasteiger partial charge in [-0.2, -0.15) is 0 Å². The number of ketones is 1. The largest absolute Gasteiger partial charge is 0.480 e. The number of nitrogens with zero attached hydrogens (tertiary/aromatic N) is 1. The standard InChI is InChI=1S/C8H7ClN2O4S/c9-1-4(13)6-5(11-8(10)16-6)3(2-12)7(14)15/h2-3H,1H2,(H2,10,11)(H,14,15). The van der Waals surface area contributed by atoms with Gasteiger partial charge in [0.05, 0.1) is 16.5 Å². The van der Waals surface area contributed by atoms with Gasteiger partial charge in [-0.15, -0.1) is 11.6 Å². The number of nitrogens with two attached hydrogens (primary N) is 1. The predicted molar refractivity (Wildman–Crippen MR) is 58.0 cm³/mol. The zero-order valence-electron chi connectivity index (χ0n) is 7.84. The van der Waals surface area contributed by atoms with Crippen LogP contribution in [0.15, 0.2) is 0 Å². The molecule has 1 aromatic rings. The molecule has 1 heterocycles. The molecule has 0 saturated heterocycles. The highest BCUT2D eigenvalue weighted by molar-refractivity contribution is 7.17. The van der Waals surface area contributed by atoms with Crippen molar-refractivity contribution in [1.82, 2.24) is 4.98 Å². The maximum absolute atomic E-state index is 11.4. The fourth-order valence-corrected chi connectivity index (χ4v) is 2.09. The normalized spacial score (nSPS) is 12.1. The third-order valence-electron chi connectivity index (χ3n) is 1.74. The Bertz CT molecular complexity index is 445. The lowest BCUT2D eigenvalue weighted by Crippen LogP contribution is -2.16. The van der Waals surface area contributed by atoms with E-state index in [1.54, 1.807) is 0 Å². The molecular weight excluding hydrogens is 256 g/mol. The fourth-order valence-electron chi connectivity index (χ4n) is 1.06. The number of alkyl halides is 1. The molecule has 0 aliphatic rings. The van der Waals surface area contributed by atoms with Gasteiger partial charge in [0.15, 0.2) is 16.8 Å². The topological polar surface area (TPSA) is 110 Å². The van der Waals surface area contributed by atoms with Gasteiger partial charge >= 0.3 is 5.97 Å². The summed E-state index contributed by atoms with van der Waals surface area (Å²) in [7, 11) is 0. The molecule has 3 N–H and O–H groups in total. The van der Waals surface area contributed by atoms with Crippen molar-refractivity contribution in [3.63, 3.8) is 0 Å². The van der Waals surface area contributed by atoms with Crippen LogP contribution in [0.2, 0.25) is 0 Å². The second kappa shape index (κ2) is 5.04. The number of anilines is 1. The smallest absolute Gasteiger partial charge is 0.319 e. The van der Waals surface area contributed by atoms with E-state index in [-0.39, 0.29) is 27.9 Å². The first kappa shape index (κ1) is 12.6. The van der Waals surface area contributed by atoms with Crippen LogP contribution in [0.3, 0.4) is 0 Å². The van der Waals surface area contributed by atoms with Crippen LogP contribution in [0.4, 0.5) is 5.13 Å². The van der Waals surface area contributed by atoms with Crippen molar-refractivity contribution in [3.8, 4) is 0 Å². The SMILES string of the molecule is Nc1nc(C(C=O)C(=O)O)c(C(=O)CCl)s1. The Hall–Kier alpha value is -1.47. The number of nitrogen functional groups attached to an aromatic ring is 1. The first-order valence-corrected chi connectivity index (χ1v) is 5.39. The average Bonchev–Trinajstić information content (AvgIpc) is 2.60.